The second-order valence-electron chi connectivity index (χ2n) is 8.52. The molecule has 0 amide bonds. The standard InChI is InChI=1S/C20H39NO/c1-6-8-12-21(13-9-7-2)14-15-22-18-16-17-10-11-20(18,5)19(17,3)4/h17-18H,6-16H2,1-5H3/t17-,18-,20+/m0/s1. The Morgan fingerprint density at radius 3 is 2.09 bits per heavy atom. The van der Waals surface area contributed by atoms with Crippen LogP contribution in [0.5, 0.6) is 0 Å². The van der Waals surface area contributed by atoms with Crippen molar-refractivity contribution in [3.63, 3.8) is 0 Å². The number of unbranched alkanes of at least 4 members (excludes halogenated alkanes) is 2. The molecule has 3 atom stereocenters. The largest absolute Gasteiger partial charge is 0.376 e. The van der Waals surface area contributed by atoms with E-state index in [0.29, 0.717) is 16.9 Å². The first kappa shape index (κ1) is 18.3. The normalized spacial score (nSPS) is 33.0. The fraction of sp³-hybridized carbons (Fsp3) is 1.00. The van der Waals surface area contributed by atoms with Gasteiger partial charge in [0.2, 0.25) is 0 Å². The average Bonchev–Trinajstić information content (AvgIpc) is 2.82. The summed E-state index contributed by atoms with van der Waals surface area (Å²) in [5.41, 5.74) is 0.886. The molecule has 2 saturated carbocycles. The number of ether oxygens (including phenoxy) is 1. The van der Waals surface area contributed by atoms with Crippen molar-refractivity contribution in [2.75, 3.05) is 26.2 Å². The van der Waals surface area contributed by atoms with Gasteiger partial charge in [-0.15, -0.1) is 0 Å². The van der Waals surface area contributed by atoms with E-state index in [1.807, 2.05) is 0 Å². The topological polar surface area (TPSA) is 12.5 Å². The molecule has 0 saturated heterocycles. The maximum absolute atomic E-state index is 6.42. The molecule has 130 valence electrons. The molecule has 0 aromatic rings. The van der Waals surface area contributed by atoms with Crippen molar-refractivity contribution in [3.8, 4) is 0 Å². The molecular weight excluding hydrogens is 270 g/mol. The van der Waals surface area contributed by atoms with Crippen molar-refractivity contribution in [1.29, 1.82) is 0 Å². The summed E-state index contributed by atoms with van der Waals surface area (Å²) in [5.74, 6) is 0.888. The third kappa shape index (κ3) is 3.53. The van der Waals surface area contributed by atoms with Crippen LogP contribution in [0.2, 0.25) is 0 Å². The van der Waals surface area contributed by atoms with Gasteiger partial charge in [0.05, 0.1) is 12.7 Å². The molecule has 0 spiro atoms. The number of fused-ring (bicyclic) bond motifs is 2. The minimum absolute atomic E-state index is 0.412. The predicted octanol–water partition coefficient (Wildman–Crippen LogP) is 5.12. The highest BCUT2D eigenvalue weighted by Crippen LogP contribution is 2.66. The van der Waals surface area contributed by atoms with Crippen molar-refractivity contribution in [2.24, 2.45) is 16.7 Å². The number of hydrogen-bond acceptors (Lipinski definition) is 2. The van der Waals surface area contributed by atoms with Crippen LogP contribution in [0.25, 0.3) is 0 Å². The second-order valence-corrected chi connectivity index (χ2v) is 8.52. The second kappa shape index (κ2) is 7.66. The molecule has 0 aromatic carbocycles. The molecule has 22 heavy (non-hydrogen) atoms. The predicted molar refractivity (Wildman–Crippen MR) is 95.2 cm³/mol. The van der Waals surface area contributed by atoms with E-state index in [1.54, 1.807) is 0 Å². The fourth-order valence-corrected chi connectivity index (χ4v) is 4.81. The van der Waals surface area contributed by atoms with E-state index in [4.69, 9.17) is 4.74 Å². The molecule has 2 rings (SSSR count). The minimum atomic E-state index is 0.412. The monoisotopic (exact) mass is 309 g/mol. The molecule has 0 aromatic heterocycles. The van der Waals surface area contributed by atoms with Gasteiger partial charge in [0.25, 0.3) is 0 Å². The van der Waals surface area contributed by atoms with Crippen LogP contribution in [0.15, 0.2) is 0 Å². The van der Waals surface area contributed by atoms with Crippen molar-refractivity contribution in [2.45, 2.75) is 85.7 Å². The molecule has 0 N–H and O–H groups in total. The van der Waals surface area contributed by atoms with Gasteiger partial charge < -0.3 is 9.64 Å². The van der Waals surface area contributed by atoms with Crippen LogP contribution in [0, 0.1) is 16.7 Å². The summed E-state index contributed by atoms with van der Waals surface area (Å²) in [7, 11) is 0. The van der Waals surface area contributed by atoms with Crippen LogP contribution in [-0.2, 0) is 4.74 Å². The maximum Gasteiger partial charge on any atom is 0.0637 e. The zero-order valence-electron chi connectivity index (χ0n) is 15.8. The summed E-state index contributed by atoms with van der Waals surface area (Å²) in [4.78, 5) is 2.62. The van der Waals surface area contributed by atoms with Crippen molar-refractivity contribution in [1.82, 2.24) is 4.90 Å². The number of hydrogen-bond donors (Lipinski definition) is 0. The summed E-state index contributed by atoms with van der Waals surface area (Å²) < 4.78 is 6.42. The fourth-order valence-electron chi connectivity index (χ4n) is 4.81. The highest BCUT2D eigenvalue weighted by Gasteiger charge is 2.61. The lowest BCUT2D eigenvalue weighted by molar-refractivity contribution is -0.0519. The third-order valence-electron chi connectivity index (χ3n) is 7.10. The highest BCUT2D eigenvalue weighted by molar-refractivity contribution is 5.11. The number of rotatable bonds is 10. The van der Waals surface area contributed by atoms with E-state index >= 15 is 0 Å². The molecule has 2 nitrogen and oxygen atoms in total. The first-order valence-electron chi connectivity index (χ1n) is 9.79. The van der Waals surface area contributed by atoms with Crippen LogP contribution in [-0.4, -0.2) is 37.2 Å². The molecule has 2 heteroatoms. The Morgan fingerprint density at radius 2 is 1.64 bits per heavy atom. The molecule has 2 bridgehead atoms. The Labute approximate surface area is 139 Å². The summed E-state index contributed by atoms with van der Waals surface area (Å²) in [6, 6.07) is 0. The molecule has 0 aliphatic heterocycles. The lowest BCUT2D eigenvalue weighted by atomic mass is 9.70. The molecule has 0 radical (unpaired) electrons. The van der Waals surface area contributed by atoms with Crippen LogP contribution >= 0.6 is 0 Å². The van der Waals surface area contributed by atoms with E-state index in [0.717, 1.165) is 19.1 Å². The Balaban J connectivity index is 1.78. The Kier molecular flexibility index (Phi) is 6.36. The van der Waals surface area contributed by atoms with E-state index in [1.165, 1.54) is 58.0 Å². The van der Waals surface area contributed by atoms with Crippen molar-refractivity contribution in [3.05, 3.63) is 0 Å². The molecular formula is C20H39NO. The van der Waals surface area contributed by atoms with Crippen LogP contribution < -0.4 is 0 Å². The maximum atomic E-state index is 6.42. The van der Waals surface area contributed by atoms with Gasteiger partial charge in [-0.3, -0.25) is 0 Å². The molecule has 0 unspecified atom stereocenters. The van der Waals surface area contributed by atoms with E-state index in [9.17, 15) is 0 Å². The first-order chi connectivity index (χ1) is 10.5. The Morgan fingerprint density at radius 1 is 1.00 bits per heavy atom. The van der Waals surface area contributed by atoms with Gasteiger partial charge in [-0.2, -0.15) is 0 Å². The minimum Gasteiger partial charge on any atom is -0.376 e. The summed E-state index contributed by atoms with van der Waals surface area (Å²) >= 11 is 0. The van der Waals surface area contributed by atoms with Gasteiger partial charge in [-0.1, -0.05) is 47.5 Å². The van der Waals surface area contributed by atoms with Crippen molar-refractivity contribution < 1.29 is 4.74 Å². The van der Waals surface area contributed by atoms with E-state index < -0.39 is 0 Å². The van der Waals surface area contributed by atoms with Crippen molar-refractivity contribution >= 4 is 0 Å². The smallest absolute Gasteiger partial charge is 0.0637 e. The van der Waals surface area contributed by atoms with Gasteiger partial charge in [0, 0.05) is 6.54 Å². The van der Waals surface area contributed by atoms with Gasteiger partial charge >= 0.3 is 0 Å². The zero-order valence-corrected chi connectivity index (χ0v) is 15.8. The summed E-state index contributed by atoms with van der Waals surface area (Å²) in [5, 5.41) is 0. The van der Waals surface area contributed by atoms with Gasteiger partial charge in [0.15, 0.2) is 0 Å². The van der Waals surface area contributed by atoms with Gasteiger partial charge in [-0.05, 0) is 61.9 Å². The Bertz CT molecular complexity index is 333. The molecule has 2 fully saturated rings. The SMILES string of the molecule is CCCCN(CCCC)CCO[C@H]1C[C@@H]2CC[C@@]1(C)C2(C)C. The van der Waals surface area contributed by atoms with Crippen LogP contribution in [0.4, 0.5) is 0 Å². The molecule has 2 aliphatic carbocycles. The van der Waals surface area contributed by atoms with E-state index in [-0.39, 0.29) is 0 Å². The molecule has 2 aliphatic rings. The van der Waals surface area contributed by atoms with Gasteiger partial charge in [-0.25, -0.2) is 0 Å². The summed E-state index contributed by atoms with van der Waals surface area (Å²) in [6.07, 6.45) is 9.81. The summed E-state index contributed by atoms with van der Waals surface area (Å²) in [6.45, 7) is 16.5. The molecule has 0 heterocycles. The van der Waals surface area contributed by atoms with E-state index in [2.05, 4.69) is 39.5 Å². The van der Waals surface area contributed by atoms with Crippen LogP contribution in [0.3, 0.4) is 0 Å². The Hall–Kier alpha value is -0.0800. The quantitative estimate of drug-likeness (QED) is 0.555. The zero-order chi connectivity index (χ0) is 16.2. The van der Waals surface area contributed by atoms with Gasteiger partial charge in [0.1, 0.15) is 0 Å². The lowest BCUT2D eigenvalue weighted by Gasteiger charge is -2.39. The van der Waals surface area contributed by atoms with Crippen LogP contribution in [0.1, 0.15) is 79.6 Å². The lowest BCUT2D eigenvalue weighted by Crippen LogP contribution is -2.39. The first-order valence-corrected chi connectivity index (χ1v) is 9.79. The number of nitrogens with zero attached hydrogens (tertiary/aromatic N) is 1. The third-order valence-corrected chi connectivity index (χ3v) is 7.10. The highest BCUT2D eigenvalue weighted by atomic mass is 16.5. The average molecular weight is 310 g/mol.